The van der Waals surface area contributed by atoms with Crippen molar-refractivity contribution in [1.82, 2.24) is 19.5 Å². The van der Waals surface area contributed by atoms with Gasteiger partial charge in [0.1, 0.15) is 5.69 Å². The van der Waals surface area contributed by atoms with Crippen LogP contribution in [0.2, 0.25) is 4.34 Å². The molecule has 0 unspecified atom stereocenters. The fourth-order valence-electron chi connectivity index (χ4n) is 5.92. The van der Waals surface area contributed by atoms with Crippen LogP contribution in [0.3, 0.4) is 0 Å². The Balaban J connectivity index is 1.13. The molecule has 8 heteroatoms. The molecule has 1 amide bonds. The highest BCUT2D eigenvalue weighted by Crippen LogP contribution is 2.32. The highest BCUT2D eigenvalue weighted by Gasteiger charge is 2.29. The number of likely N-dealkylation sites (tertiary alicyclic amines) is 2. The van der Waals surface area contributed by atoms with Gasteiger partial charge in [0.25, 0.3) is 5.91 Å². The first-order valence-corrected chi connectivity index (χ1v) is 14.7. The molecule has 2 aliphatic rings. The largest absolute Gasteiger partial charge is 0.355 e. The smallest absolute Gasteiger partial charge is 0.270 e. The highest BCUT2D eigenvalue weighted by molar-refractivity contribution is 7.19. The Bertz CT molecular complexity index is 1360. The van der Waals surface area contributed by atoms with Gasteiger partial charge in [-0.05, 0) is 75.9 Å². The molecule has 2 fully saturated rings. The minimum atomic E-state index is 0.159. The van der Waals surface area contributed by atoms with Crippen LogP contribution in [0.5, 0.6) is 0 Å². The third-order valence-electron chi connectivity index (χ3n) is 7.88. The first-order valence-electron chi connectivity index (χ1n) is 13.5. The third-order valence-corrected chi connectivity index (χ3v) is 9.12. The molecule has 2 saturated heterocycles. The molecular formula is C29H33ClN4O2S. The molecule has 0 N–H and O–H groups in total. The molecule has 6 nitrogen and oxygen atoms in total. The summed E-state index contributed by atoms with van der Waals surface area (Å²) in [6.45, 7) is 4.89. The molecule has 0 spiro atoms. The topological polar surface area (TPSA) is 54.5 Å². The number of hydrogen-bond acceptors (Lipinski definition) is 5. The van der Waals surface area contributed by atoms with Crippen LogP contribution in [0.25, 0.3) is 21.5 Å². The molecule has 6 rings (SSSR count). The van der Waals surface area contributed by atoms with E-state index in [4.69, 9.17) is 16.1 Å². The minimum absolute atomic E-state index is 0.159. The predicted molar refractivity (Wildman–Crippen MR) is 149 cm³/mol. The average molecular weight is 537 g/mol. The van der Waals surface area contributed by atoms with Gasteiger partial charge >= 0.3 is 0 Å². The van der Waals surface area contributed by atoms with Crippen molar-refractivity contribution in [3.05, 3.63) is 64.3 Å². The number of thiophene rings is 1. The minimum Gasteiger partial charge on any atom is -0.355 e. The first kappa shape index (κ1) is 24.7. The average Bonchev–Trinajstić information content (AvgIpc) is 3.68. The molecule has 3 aromatic heterocycles. The molecule has 0 radical (unpaired) electrons. The maximum Gasteiger partial charge on any atom is 0.270 e. The number of carbonyl (C=O) groups excluding carboxylic acids is 1. The second-order valence-corrected chi connectivity index (χ2v) is 12.0. The Labute approximate surface area is 226 Å². The maximum atomic E-state index is 13.7. The van der Waals surface area contributed by atoms with E-state index in [2.05, 4.69) is 37.7 Å². The number of benzene rings is 1. The number of piperidine rings is 2. The SMILES string of the molecule is O=C(c1cc2ccccc2n1CCCc1cc(-c2ccc(Cl)s2)on1)N1CCC(N2CCCCC2)CC1. The van der Waals surface area contributed by atoms with E-state index >= 15 is 0 Å². The van der Waals surface area contributed by atoms with Crippen molar-refractivity contribution in [2.24, 2.45) is 0 Å². The molecule has 194 valence electrons. The van der Waals surface area contributed by atoms with Crippen LogP contribution in [-0.4, -0.2) is 57.7 Å². The summed E-state index contributed by atoms with van der Waals surface area (Å²) < 4.78 is 8.49. The van der Waals surface area contributed by atoms with Gasteiger partial charge in [-0.15, -0.1) is 11.3 Å². The molecule has 0 saturated carbocycles. The van der Waals surface area contributed by atoms with Gasteiger partial charge in [-0.2, -0.15) is 0 Å². The number of carbonyl (C=O) groups is 1. The van der Waals surface area contributed by atoms with Gasteiger partial charge in [-0.25, -0.2) is 0 Å². The summed E-state index contributed by atoms with van der Waals surface area (Å²) in [5.41, 5.74) is 2.83. The van der Waals surface area contributed by atoms with E-state index in [9.17, 15) is 4.79 Å². The van der Waals surface area contributed by atoms with E-state index in [1.54, 1.807) is 0 Å². The number of aryl methyl sites for hydroxylation is 2. The van der Waals surface area contributed by atoms with Crippen LogP contribution in [-0.2, 0) is 13.0 Å². The summed E-state index contributed by atoms with van der Waals surface area (Å²) in [5, 5.41) is 5.38. The zero-order valence-electron chi connectivity index (χ0n) is 21.1. The number of amides is 1. The van der Waals surface area contributed by atoms with E-state index in [0.717, 1.165) is 82.6 Å². The summed E-state index contributed by atoms with van der Waals surface area (Å²) >= 11 is 7.55. The van der Waals surface area contributed by atoms with E-state index in [1.807, 2.05) is 30.3 Å². The Morgan fingerprint density at radius 1 is 1.03 bits per heavy atom. The summed E-state index contributed by atoms with van der Waals surface area (Å²) in [5.74, 6) is 0.911. The lowest BCUT2D eigenvalue weighted by Gasteiger charge is -2.40. The Morgan fingerprint density at radius 3 is 2.62 bits per heavy atom. The molecule has 0 aliphatic carbocycles. The summed E-state index contributed by atoms with van der Waals surface area (Å²) in [6.07, 6.45) is 7.80. The van der Waals surface area contributed by atoms with E-state index < -0.39 is 0 Å². The number of aromatic nitrogens is 2. The molecule has 5 heterocycles. The van der Waals surface area contributed by atoms with Crippen LogP contribution < -0.4 is 0 Å². The van der Waals surface area contributed by atoms with Gasteiger partial charge in [0, 0.05) is 42.6 Å². The molecule has 2 aliphatic heterocycles. The van der Waals surface area contributed by atoms with Crippen LogP contribution in [0.1, 0.15) is 54.7 Å². The van der Waals surface area contributed by atoms with E-state index in [-0.39, 0.29) is 5.91 Å². The van der Waals surface area contributed by atoms with Crippen molar-refractivity contribution in [3.63, 3.8) is 0 Å². The van der Waals surface area contributed by atoms with Crippen molar-refractivity contribution in [3.8, 4) is 10.6 Å². The van der Waals surface area contributed by atoms with Crippen molar-refractivity contribution in [2.75, 3.05) is 26.2 Å². The monoisotopic (exact) mass is 536 g/mol. The molecule has 4 aromatic rings. The second kappa shape index (κ2) is 11.0. The van der Waals surface area contributed by atoms with Gasteiger partial charge in [0.05, 0.1) is 14.9 Å². The van der Waals surface area contributed by atoms with Crippen molar-refractivity contribution in [2.45, 2.75) is 57.5 Å². The lowest BCUT2D eigenvalue weighted by Crippen LogP contribution is -2.48. The molecule has 0 atom stereocenters. The Hall–Kier alpha value is -2.61. The van der Waals surface area contributed by atoms with Gasteiger partial charge in [-0.1, -0.05) is 41.4 Å². The predicted octanol–water partition coefficient (Wildman–Crippen LogP) is 6.73. The molecular weight excluding hydrogens is 504 g/mol. The fraction of sp³-hybridized carbons (Fsp3) is 0.448. The van der Waals surface area contributed by atoms with Crippen LogP contribution in [0.4, 0.5) is 0 Å². The van der Waals surface area contributed by atoms with Gasteiger partial charge in [-0.3, -0.25) is 4.79 Å². The zero-order valence-corrected chi connectivity index (χ0v) is 22.6. The van der Waals surface area contributed by atoms with Crippen LogP contribution >= 0.6 is 22.9 Å². The quantitative estimate of drug-likeness (QED) is 0.262. The molecule has 37 heavy (non-hydrogen) atoms. The number of hydrogen-bond donors (Lipinski definition) is 0. The Kier molecular flexibility index (Phi) is 7.36. The van der Waals surface area contributed by atoms with Crippen molar-refractivity contribution >= 4 is 39.7 Å². The highest BCUT2D eigenvalue weighted by atomic mass is 35.5. The van der Waals surface area contributed by atoms with Crippen LogP contribution in [0, 0.1) is 0 Å². The van der Waals surface area contributed by atoms with E-state index in [0.29, 0.717) is 6.04 Å². The number of halogens is 1. The second-order valence-electron chi connectivity index (χ2n) is 10.2. The summed E-state index contributed by atoms with van der Waals surface area (Å²) in [7, 11) is 0. The van der Waals surface area contributed by atoms with Gasteiger partial charge in [0.15, 0.2) is 5.76 Å². The first-order chi connectivity index (χ1) is 18.2. The van der Waals surface area contributed by atoms with E-state index in [1.165, 1.54) is 43.7 Å². The zero-order chi connectivity index (χ0) is 25.2. The maximum absolute atomic E-state index is 13.7. The fourth-order valence-corrected chi connectivity index (χ4v) is 6.91. The van der Waals surface area contributed by atoms with Gasteiger partial charge in [0.2, 0.25) is 0 Å². The summed E-state index contributed by atoms with van der Waals surface area (Å²) in [4.78, 5) is 19.4. The number of fused-ring (bicyclic) bond motifs is 1. The lowest BCUT2D eigenvalue weighted by atomic mass is 9.99. The number of rotatable bonds is 7. The number of para-hydroxylation sites is 1. The van der Waals surface area contributed by atoms with Crippen molar-refractivity contribution < 1.29 is 9.32 Å². The van der Waals surface area contributed by atoms with Crippen molar-refractivity contribution in [1.29, 1.82) is 0 Å². The molecule has 1 aromatic carbocycles. The third kappa shape index (κ3) is 5.35. The lowest BCUT2D eigenvalue weighted by molar-refractivity contribution is 0.0581. The normalized spacial score (nSPS) is 17.6. The molecule has 0 bridgehead atoms. The standard InChI is InChI=1S/C29H33ClN4O2S/c30-28-11-10-27(37-28)26-20-22(31-36-26)8-6-16-34-24-9-3-2-7-21(24)19-25(34)29(35)33-17-12-23(13-18-33)32-14-4-1-5-15-32/h2-3,7,9-11,19-20,23H,1,4-6,8,12-18H2. The van der Waals surface area contributed by atoms with Crippen LogP contribution in [0.15, 0.2) is 53.1 Å². The number of nitrogens with zero attached hydrogens (tertiary/aromatic N) is 4. The van der Waals surface area contributed by atoms with Gasteiger partial charge < -0.3 is 18.9 Å². The Morgan fingerprint density at radius 2 is 1.84 bits per heavy atom. The summed E-state index contributed by atoms with van der Waals surface area (Å²) in [6, 6.07) is 16.8.